The molecule has 4 heteroatoms. The Morgan fingerprint density at radius 3 is 2.71 bits per heavy atom. The first-order valence-electron chi connectivity index (χ1n) is 4.02. The zero-order valence-corrected chi connectivity index (χ0v) is 7.47. The maximum Gasteiger partial charge on any atom is 0.276 e. The average molecular weight is 191 g/mol. The van der Waals surface area contributed by atoms with E-state index in [0.29, 0.717) is 17.4 Å². The predicted octanol–water partition coefficient (Wildman–Crippen LogP) is 1.98. The summed E-state index contributed by atoms with van der Waals surface area (Å²) < 4.78 is 0. The van der Waals surface area contributed by atoms with E-state index in [1.54, 1.807) is 12.1 Å². The molecule has 1 rings (SSSR count). The van der Waals surface area contributed by atoms with E-state index >= 15 is 0 Å². The van der Waals surface area contributed by atoms with Gasteiger partial charge in [-0.1, -0.05) is 18.7 Å². The van der Waals surface area contributed by atoms with Crippen LogP contribution < -0.4 is 0 Å². The molecule has 0 radical (unpaired) electrons. The highest BCUT2D eigenvalue weighted by Crippen LogP contribution is 2.21. The quantitative estimate of drug-likeness (QED) is 0.415. The third-order valence-corrected chi connectivity index (χ3v) is 1.83. The molecule has 0 aliphatic heterocycles. The maximum absolute atomic E-state index is 10.6. The SMILES string of the molecule is C=Cc1ccc(CC=O)cc1[N+](=O)[O-]. The molecule has 14 heavy (non-hydrogen) atoms. The van der Waals surface area contributed by atoms with Crippen LogP contribution in [0.25, 0.3) is 6.08 Å². The van der Waals surface area contributed by atoms with E-state index in [0.717, 1.165) is 0 Å². The second kappa shape index (κ2) is 4.32. The zero-order chi connectivity index (χ0) is 10.6. The Bertz CT molecular complexity index is 385. The van der Waals surface area contributed by atoms with Crippen molar-refractivity contribution in [3.05, 3.63) is 46.0 Å². The molecule has 0 N–H and O–H groups in total. The predicted molar refractivity (Wildman–Crippen MR) is 53.0 cm³/mol. The first-order chi connectivity index (χ1) is 6.69. The van der Waals surface area contributed by atoms with Crippen LogP contribution in [0.2, 0.25) is 0 Å². The van der Waals surface area contributed by atoms with E-state index < -0.39 is 4.92 Å². The summed E-state index contributed by atoms with van der Waals surface area (Å²) in [5.74, 6) is 0. The van der Waals surface area contributed by atoms with E-state index in [1.807, 2.05) is 0 Å². The van der Waals surface area contributed by atoms with Gasteiger partial charge in [-0.25, -0.2) is 0 Å². The molecular formula is C10H9NO3. The molecular weight excluding hydrogens is 182 g/mol. The Balaban J connectivity index is 3.19. The second-order valence-electron chi connectivity index (χ2n) is 2.73. The molecule has 4 nitrogen and oxygen atoms in total. The summed E-state index contributed by atoms with van der Waals surface area (Å²) in [4.78, 5) is 20.3. The van der Waals surface area contributed by atoms with Crippen molar-refractivity contribution in [1.82, 2.24) is 0 Å². The van der Waals surface area contributed by atoms with Crippen molar-refractivity contribution in [2.75, 3.05) is 0 Å². The van der Waals surface area contributed by atoms with Crippen molar-refractivity contribution in [2.24, 2.45) is 0 Å². The minimum absolute atomic E-state index is 0.0145. The van der Waals surface area contributed by atoms with Crippen LogP contribution in [0.4, 0.5) is 5.69 Å². The van der Waals surface area contributed by atoms with Gasteiger partial charge in [-0.05, 0) is 11.6 Å². The van der Waals surface area contributed by atoms with Crippen molar-refractivity contribution < 1.29 is 9.72 Å². The first kappa shape index (κ1) is 10.1. The smallest absolute Gasteiger partial charge is 0.276 e. The minimum atomic E-state index is -0.481. The molecule has 0 spiro atoms. The molecule has 0 unspecified atom stereocenters. The summed E-state index contributed by atoms with van der Waals surface area (Å²) in [5.41, 5.74) is 1.08. The van der Waals surface area contributed by atoms with Crippen LogP contribution in [-0.4, -0.2) is 11.2 Å². The van der Waals surface area contributed by atoms with Gasteiger partial charge in [-0.3, -0.25) is 10.1 Å². The van der Waals surface area contributed by atoms with Crippen molar-refractivity contribution >= 4 is 18.0 Å². The molecule has 0 aliphatic rings. The fourth-order valence-corrected chi connectivity index (χ4v) is 1.14. The summed E-state index contributed by atoms with van der Waals surface area (Å²) in [6, 6.07) is 4.66. The average Bonchev–Trinajstić information content (AvgIpc) is 2.18. The number of rotatable bonds is 4. The molecule has 72 valence electrons. The maximum atomic E-state index is 10.6. The molecule has 0 aromatic heterocycles. The second-order valence-corrected chi connectivity index (χ2v) is 2.73. The van der Waals surface area contributed by atoms with Crippen LogP contribution >= 0.6 is 0 Å². The molecule has 0 fully saturated rings. The fourth-order valence-electron chi connectivity index (χ4n) is 1.14. The highest BCUT2D eigenvalue weighted by Gasteiger charge is 2.11. The van der Waals surface area contributed by atoms with Crippen molar-refractivity contribution in [2.45, 2.75) is 6.42 Å². The number of aldehydes is 1. The highest BCUT2D eigenvalue weighted by atomic mass is 16.6. The Kier molecular flexibility index (Phi) is 3.12. The van der Waals surface area contributed by atoms with Gasteiger partial charge in [0.05, 0.1) is 10.5 Å². The van der Waals surface area contributed by atoms with Crippen LogP contribution in [0.1, 0.15) is 11.1 Å². The summed E-state index contributed by atoms with van der Waals surface area (Å²) in [6.07, 6.45) is 2.33. The summed E-state index contributed by atoms with van der Waals surface area (Å²) in [5, 5.41) is 10.6. The standard InChI is InChI=1S/C10H9NO3/c1-2-9-4-3-8(5-6-12)7-10(9)11(13)14/h2-4,6-7H,1,5H2. The molecule has 0 atom stereocenters. The summed E-state index contributed by atoms with van der Waals surface area (Å²) in [7, 11) is 0. The molecule has 1 aromatic carbocycles. The van der Waals surface area contributed by atoms with E-state index in [9.17, 15) is 14.9 Å². The Hall–Kier alpha value is -1.97. The normalized spacial score (nSPS) is 9.43. The van der Waals surface area contributed by atoms with Gasteiger partial charge in [0.1, 0.15) is 6.29 Å². The lowest BCUT2D eigenvalue weighted by atomic mass is 10.1. The van der Waals surface area contributed by atoms with Gasteiger partial charge in [-0.2, -0.15) is 0 Å². The van der Waals surface area contributed by atoms with Gasteiger partial charge in [0.25, 0.3) is 5.69 Å². The number of benzene rings is 1. The summed E-state index contributed by atoms with van der Waals surface area (Å²) >= 11 is 0. The highest BCUT2D eigenvalue weighted by molar-refractivity contribution is 5.63. The van der Waals surface area contributed by atoms with Crippen LogP contribution in [-0.2, 0) is 11.2 Å². The Morgan fingerprint density at radius 2 is 2.21 bits per heavy atom. The lowest BCUT2D eigenvalue weighted by molar-refractivity contribution is -0.385. The minimum Gasteiger partial charge on any atom is -0.303 e. The number of carbonyl (C=O) groups is 1. The molecule has 0 amide bonds. The number of nitrogens with zero attached hydrogens (tertiary/aromatic N) is 1. The van der Waals surface area contributed by atoms with E-state index in [4.69, 9.17) is 0 Å². The number of nitro groups is 1. The number of carbonyl (C=O) groups excluding carboxylic acids is 1. The lowest BCUT2D eigenvalue weighted by Crippen LogP contribution is -1.94. The zero-order valence-electron chi connectivity index (χ0n) is 7.47. The monoisotopic (exact) mass is 191 g/mol. The van der Waals surface area contributed by atoms with Gasteiger partial charge in [0.15, 0.2) is 0 Å². The van der Waals surface area contributed by atoms with Crippen LogP contribution in [0.3, 0.4) is 0 Å². The number of hydrogen-bond donors (Lipinski definition) is 0. The fraction of sp³-hybridized carbons (Fsp3) is 0.100. The molecule has 0 aliphatic carbocycles. The first-order valence-corrected chi connectivity index (χ1v) is 4.02. The topological polar surface area (TPSA) is 60.2 Å². The van der Waals surface area contributed by atoms with Gasteiger partial charge < -0.3 is 4.79 Å². The van der Waals surface area contributed by atoms with Crippen LogP contribution in [0, 0.1) is 10.1 Å². The van der Waals surface area contributed by atoms with Crippen molar-refractivity contribution in [3.8, 4) is 0 Å². The van der Waals surface area contributed by atoms with Crippen LogP contribution in [0.5, 0.6) is 0 Å². The van der Waals surface area contributed by atoms with Gasteiger partial charge >= 0.3 is 0 Å². The Labute approximate surface area is 81.0 Å². The van der Waals surface area contributed by atoms with Gasteiger partial charge in [-0.15, -0.1) is 0 Å². The number of nitro benzene ring substituents is 1. The van der Waals surface area contributed by atoms with Crippen molar-refractivity contribution in [1.29, 1.82) is 0 Å². The summed E-state index contributed by atoms with van der Waals surface area (Å²) in [6.45, 7) is 3.48. The Morgan fingerprint density at radius 1 is 1.50 bits per heavy atom. The van der Waals surface area contributed by atoms with Gasteiger partial charge in [0.2, 0.25) is 0 Å². The molecule has 0 heterocycles. The van der Waals surface area contributed by atoms with Gasteiger partial charge in [0, 0.05) is 12.5 Å². The molecule has 0 saturated heterocycles. The third-order valence-electron chi connectivity index (χ3n) is 1.83. The largest absolute Gasteiger partial charge is 0.303 e. The lowest BCUT2D eigenvalue weighted by Gasteiger charge is -1.99. The number of hydrogen-bond acceptors (Lipinski definition) is 3. The molecule has 0 saturated carbocycles. The van der Waals surface area contributed by atoms with E-state index in [-0.39, 0.29) is 12.1 Å². The molecule has 0 bridgehead atoms. The van der Waals surface area contributed by atoms with E-state index in [1.165, 1.54) is 12.1 Å². The van der Waals surface area contributed by atoms with Crippen LogP contribution in [0.15, 0.2) is 24.8 Å². The third kappa shape index (κ3) is 2.04. The van der Waals surface area contributed by atoms with Crippen molar-refractivity contribution in [3.63, 3.8) is 0 Å². The van der Waals surface area contributed by atoms with E-state index in [2.05, 4.69) is 6.58 Å². The molecule has 1 aromatic rings.